The van der Waals surface area contributed by atoms with Crippen LogP contribution in [0.4, 0.5) is 0 Å². The molecular weight excluding hydrogens is 196 g/mol. The Balaban J connectivity index is 2.82. The largest absolute Gasteiger partial charge is 0.481 e. The van der Waals surface area contributed by atoms with Gasteiger partial charge < -0.3 is 5.11 Å². The van der Waals surface area contributed by atoms with Gasteiger partial charge in [0.1, 0.15) is 0 Å². The van der Waals surface area contributed by atoms with Gasteiger partial charge in [0.2, 0.25) is 0 Å². The summed E-state index contributed by atoms with van der Waals surface area (Å²) >= 11 is 7.32. The van der Waals surface area contributed by atoms with E-state index in [4.69, 9.17) is 16.7 Å². The highest BCUT2D eigenvalue weighted by molar-refractivity contribution is 7.12. The van der Waals surface area contributed by atoms with Crippen molar-refractivity contribution in [1.29, 1.82) is 0 Å². The van der Waals surface area contributed by atoms with Crippen molar-refractivity contribution < 1.29 is 9.90 Å². The van der Waals surface area contributed by atoms with Crippen molar-refractivity contribution in [2.75, 3.05) is 0 Å². The van der Waals surface area contributed by atoms with Crippen LogP contribution in [0.2, 0.25) is 5.02 Å². The molecular formula is C8H9ClO2S. The van der Waals surface area contributed by atoms with Crippen molar-refractivity contribution in [2.45, 2.75) is 19.8 Å². The summed E-state index contributed by atoms with van der Waals surface area (Å²) in [6.45, 7) is 2.00. The smallest absolute Gasteiger partial charge is 0.308 e. The summed E-state index contributed by atoms with van der Waals surface area (Å²) in [5.41, 5.74) is 0. The predicted molar refractivity (Wildman–Crippen MR) is 50.0 cm³/mol. The summed E-state index contributed by atoms with van der Waals surface area (Å²) in [5.74, 6) is -0.810. The second-order valence-corrected chi connectivity index (χ2v) is 4.04. The van der Waals surface area contributed by atoms with Crippen LogP contribution in [0.1, 0.15) is 16.7 Å². The second-order valence-electron chi connectivity index (χ2n) is 2.41. The first-order valence-electron chi connectivity index (χ1n) is 3.62. The Morgan fingerprint density at radius 2 is 2.42 bits per heavy atom. The molecule has 0 aliphatic rings. The van der Waals surface area contributed by atoms with E-state index in [2.05, 4.69) is 0 Å². The van der Waals surface area contributed by atoms with E-state index in [-0.39, 0.29) is 6.42 Å². The number of halogens is 1. The van der Waals surface area contributed by atoms with E-state index in [9.17, 15) is 4.79 Å². The third-order valence-electron chi connectivity index (χ3n) is 1.45. The minimum absolute atomic E-state index is 0.0738. The summed E-state index contributed by atoms with van der Waals surface area (Å²) < 4.78 is 0. The Morgan fingerprint density at radius 3 is 2.83 bits per heavy atom. The maximum absolute atomic E-state index is 10.3. The van der Waals surface area contributed by atoms with Gasteiger partial charge >= 0.3 is 5.97 Å². The third kappa shape index (κ3) is 2.22. The third-order valence-corrected chi connectivity index (χ3v) is 3.18. The lowest BCUT2D eigenvalue weighted by molar-refractivity contribution is -0.136. The lowest BCUT2D eigenvalue weighted by atomic mass is 10.3. The molecule has 0 spiro atoms. The van der Waals surface area contributed by atoms with Crippen LogP contribution in [0.5, 0.6) is 0 Å². The summed E-state index contributed by atoms with van der Waals surface area (Å²) in [7, 11) is 0. The minimum Gasteiger partial charge on any atom is -0.481 e. The van der Waals surface area contributed by atoms with Crippen LogP contribution in [-0.2, 0) is 17.6 Å². The van der Waals surface area contributed by atoms with Gasteiger partial charge in [-0.1, -0.05) is 18.5 Å². The molecule has 0 radical (unpaired) electrons. The molecule has 0 atom stereocenters. The van der Waals surface area contributed by atoms with E-state index in [1.807, 2.05) is 6.92 Å². The fraction of sp³-hybridized carbons (Fsp3) is 0.375. The average molecular weight is 205 g/mol. The molecule has 12 heavy (non-hydrogen) atoms. The molecule has 1 N–H and O–H groups in total. The molecule has 2 nitrogen and oxygen atoms in total. The molecule has 1 heterocycles. The lowest BCUT2D eigenvalue weighted by Gasteiger charge is -1.87. The standard InChI is InChI=1S/C8H9ClO2S/c1-2-7-6(9)3-5(12-7)4-8(10)11/h3H,2,4H2,1H3,(H,10,11). The second kappa shape index (κ2) is 3.92. The zero-order valence-electron chi connectivity index (χ0n) is 6.63. The molecule has 1 aromatic rings. The summed E-state index contributed by atoms with van der Waals surface area (Å²) in [6, 6.07) is 1.74. The number of thiophene rings is 1. The van der Waals surface area contributed by atoms with Crippen LogP contribution in [0.15, 0.2) is 6.07 Å². The molecule has 4 heteroatoms. The molecule has 0 aliphatic carbocycles. The van der Waals surface area contributed by atoms with E-state index in [0.29, 0.717) is 5.02 Å². The van der Waals surface area contributed by atoms with Crippen LogP contribution in [0.25, 0.3) is 0 Å². The molecule has 1 aromatic heterocycles. The molecule has 0 aromatic carbocycles. The highest BCUT2D eigenvalue weighted by Crippen LogP contribution is 2.27. The van der Waals surface area contributed by atoms with Gasteiger partial charge in [0, 0.05) is 9.75 Å². The molecule has 0 bridgehead atoms. The Bertz CT molecular complexity index is 293. The molecule has 0 amide bonds. The van der Waals surface area contributed by atoms with Gasteiger partial charge in [-0.15, -0.1) is 11.3 Å². The number of aliphatic carboxylic acids is 1. The van der Waals surface area contributed by atoms with Crippen LogP contribution in [0.3, 0.4) is 0 Å². The number of aryl methyl sites for hydroxylation is 1. The maximum Gasteiger partial charge on any atom is 0.308 e. The maximum atomic E-state index is 10.3. The number of carboxylic acid groups (broad SMARTS) is 1. The molecule has 0 saturated carbocycles. The van der Waals surface area contributed by atoms with Gasteiger partial charge in [-0.3, -0.25) is 4.79 Å². The van der Waals surface area contributed by atoms with Crippen molar-refractivity contribution in [3.63, 3.8) is 0 Å². The van der Waals surface area contributed by atoms with E-state index in [1.165, 1.54) is 11.3 Å². The van der Waals surface area contributed by atoms with Gasteiger partial charge in [-0.2, -0.15) is 0 Å². The van der Waals surface area contributed by atoms with E-state index in [1.54, 1.807) is 6.07 Å². The van der Waals surface area contributed by atoms with E-state index < -0.39 is 5.97 Å². The molecule has 66 valence electrons. The number of hydrogen-bond acceptors (Lipinski definition) is 2. The van der Waals surface area contributed by atoms with Crippen LogP contribution < -0.4 is 0 Å². The van der Waals surface area contributed by atoms with Crippen molar-refractivity contribution in [2.24, 2.45) is 0 Å². The first-order valence-corrected chi connectivity index (χ1v) is 4.81. The number of rotatable bonds is 3. The van der Waals surface area contributed by atoms with Gasteiger partial charge in [0.05, 0.1) is 11.4 Å². The van der Waals surface area contributed by atoms with Crippen molar-refractivity contribution in [3.8, 4) is 0 Å². The van der Waals surface area contributed by atoms with Crippen molar-refractivity contribution in [3.05, 3.63) is 20.8 Å². The average Bonchev–Trinajstić information content (AvgIpc) is 2.29. The molecule has 1 rings (SSSR count). The van der Waals surface area contributed by atoms with Gasteiger partial charge in [-0.05, 0) is 12.5 Å². The molecule has 0 unspecified atom stereocenters. The number of carbonyl (C=O) groups is 1. The number of hydrogen-bond donors (Lipinski definition) is 1. The first kappa shape index (κ1) is 9.55. The van der Waals surface area contributed by atoms with Crippen LogP contribution in [-0.4, -0.2) is 11.1 Å². The molecule has 0 aliphatic heterocycles. The Kier molecular flexibility index (Phi) is 3.12. The summed E-state index contributed by atoms with van der Waals surface area (Å²) in [5, 5.41) is 9.20. The topological polar surface area (TPSA) is 37.3 Å². The van der Waals surface area contributed by atoms with Gasteiger partial charge in [0.25, 0.3) is 0 Å². The Labute approximate surface area is 79.8 Å². The monoisotopic (exact) mass is 204 g/mol. The fourth-order valence-electron chi connectivity index (χ4n) is 0.936. The molecule has 0 fully saturated rings. The highest BCUT2D eigenvalue weighted by Gasteiger charge is 2.07. The SMILES string of the molecule is CCc1sc(CC(=O)O)cc1Cl. The van der Waals surface area contributed by atoms with Gasteiger partial charge in [0.15, 0.2) is 0 Å². The first-order chi connectivity index (χ1) is 5.63. The van der Waals surface area contributed by atoms with Crippen LogP contribution >= 0.6 is 22.9 Å². The van der Waals surface area contributed by atoms with Crippen LogP contribution in [0, 0.1) is 0 Å². The van der Waals surface area contributed by atoms with E-state index in [0.717, 1.165) is 16.2 Å². The quantitative estimate of drug-likeness (QED) is 0.822. The minimum atomic E-state index is -0.810. The lowest BCUT2D eigenvalue weighted by Crippen LogP contribution is -1.96. The van der Waals surface area contributed by atoms with Gasteiger partial charge in [-0.25, -0.2) is 0 Å². The zero-order valence-corrected chi connectivity index (χ0v) is 8.21. The zero-order chi connectivity index (χ0) is 9.14. The Morgan fingerprint density at radius 1 is 1.75 bits per heavy atom. The van der Waals surface area contributed by atoms with E-state index >= 15 is 0 Å². The summed E-state index contributed by atoms with van der Waals surface area (Å²) in [6.07, 6.45) is 0.938. The Hall–Kier alpha value is -0.540. The summed E-state index contributed by atoms with van der Waals surface area (Å²) in [4.78, 5) is 12.2. The normalized spacial score (nSPS) is 10.2. The van der Waals surface area contributed by atoms with Crippen molar-refractivity contribution >= 4 is 28.9 Å². The highest BCUT2D eigenvalue weighted by atomic mass is 35.5. The fourth-order valence-corrected chi connectivity index (χ4v) is 2.37. The predicted octanol–water partition coefficient (Wildman–Crippen LogP) is 2.59. The molecule has 0 saturated heterocycles. The van der Waals surface area contributed by atoms with Crippen molar-refractivity contribution in [1.82, 2.24) is 0 Å². The number of carboxylic acids is 1.